The lowest BCUT2D eigenvalue weighted by molar-refractivity contribution is -0.149. The Labute approximate surface area is 160 Å². The van der Waals surface area contributed by atoms with Crippen molar-refractivity contribution in [3.63, 3.8) is 0 Å². The first-order valence-electron chi connectivity index (χ1n) is 8.88. The molecule has 4 heteroatoms. The van der Waals surface area contributed by atoms with Crippen molar-refractivity contribution < 1.29 is 19.4 Å². The maximum absolute atomic E-state index is 11.1. The van der Waals surface area contributed by atoms with Crippen LogP contribution < -0.4 is 4.74 Å². The third-order valence-corrected chi connectivity index (χ3v) is 3.81. The van der Waals surface area contributed by atoms with E-state index in [0.29, 0.717) is 19.6 Å². The van der Waals surface area contributed by atoms with Crippen LogP contribution >= 0.6 is 0 Å². The molecule has 0 heterocycles. The molecule has 0 aliphatic rings. The number of ether oxygens (including phenoxy) is 2. The Hall–Kier alpha value is -3.03. The summed E-state index contributed by atoms with van der Waals surface area (Å²) < 4.78 is 10.9. The molecule has 0 saturated carbocycles. The van der Waals surface area contributed by atoms with Crippen LogP contribution in [0.4, 0.5) is 0 Å². The van der Waals surface area contributed by atoms with Crippen LogP contribution in [-0.2, 0) is 16.0 Å². The van der Waals surface area contributed by atoms with Gasteiger partial charge in [-0.3, -0.25) is 0 Å². The van der Waals surface area contributed by atoms with Gasteiger partial charge in [-0.2, -0.15) is 0 Å². The Bertz CT molecular complexity index is 811. The van der Waals surface area contributed by atoms with Gasteiger partial charge in [0, 0.05) is 18.6 Å². The topological polar surface area (TPSA) is 55.8 Å². The zero-order valence-corrected chi connectivity index (χ0v) is 15.6. The lowest BCUT2D eigenvalue weighted by Crippen LogP contribution is -2.26. The summed E-state index contributed by atoms with van der Waals surface area (Å²) in [5, 5.41) is 9.14. The highest BCUT2D eigenvalue weighted by molar-refractivity contribution is 5.72. The van der Waals surface area contributed by atoms with Crippen molar-refractivity contribution in [2.24, 2.45) is 0 Å². The van der Waals surface area contributed by atoms with E-state index >= 15 is 0 Å². The Kier molecular flexibility index (Phi) is 8.15. The molecule has 0 radical (unpaired) electrons. The number of carboxylic acids is 1. The lowest BCUT2D eigenvalue weighted by atomic mass is 10.1. The molecular weight excluding hydrogens is 340 g/mol. The molecule has 1 atom stereocenters. The van der Waals surface area contributed by atoms with Crippen molar-refractivity contribution in [3.8, 4) is 17.6 Å². The molecule has 0 aliphatic heterocycles. The van der Waals surface area contributed by atoms with Gasteiger partial charge in [-0.05, 0) is 55.3 Å². The van der Waals surface area contributed by atoms with Gasteiger partial charge in [0.05, 0.1) is 0 Å². The number of benzene rings is 2. The molecule has 0 spiro atoms. The second-order valence-corrected chi connectivity index (χ2v) is 5.94. The van der Waals surface area contributed by atoms with E-state index in [-0.39, 0.29) is 0 Å². The van der Waals surface area contributed by atoms with Crippen LogP contribution in [0.25, 0.3) is 0 Å². The van der Waals surface area contributed by atoms with Crippen molar-refractivity contribution >= 4 is 5.97 Å². The number of carbonyl (C=O) groups is 1. The number of hydrogen-bond donors (Lipinski definition) is 1. The predicted octanol–water partition coefficient (Wildman–Crippen LogP) is 4.10. The first kappa shape index (κ1) is 20.3. The summed E-state index contributed by atoms with van der Waals surface area (Å²) in [6.45, 7) is 4.52. The van der Waals surface area contributed by atoms with Crippen LogP contribution in [0.2, 0.25) is 0 Å². The molecule has 1 N–H and O–H groups in total. The van der Waals surface area contributed by atoms with E-state index in [1.54, 1.807) is 6.92 Å². The molecule has 140 valence electrons. The smallest absolute Gasteiger partial charge is 0.333 e. The van der Waals surface area contributed by atoms with E-state index in [1.807, 2.05) is 67.6 Å². The standard InChI is InChI=1S/C23H24O4/c1-3-26-22(23(24)25)17-20-11-13-21(14-12-20)27-16-15-18(2)9-10-19-7-5-4-6-8-19/h4-8,11-15,22H,3,16-17H2,1-2H3,(H,24,25). The number of hydrogen-bond acceptors (Lipinski definition) is 3. The summed E-state index contributed by atoms with van der Waals surface area (Å²) in [7, 11) is 0. The van der Waals surface area contributed by atoms with E-state index in [4.69, 9.17) is 14.6 Å². The molecule has 0 fully saturated rings. The molecule has 2 rings (SSSR count). The molecule has 0 bridgehead atoms. The molecule has 2 aromatic carbocycles. The first-order valence-corrected chi connectivity index (χ1v) is 8.88. The van der Waals surface area contributed by atoms with Gasteiger partial charge in [-0.1, -0.05) is 42.2 Å². The second-order valence-electron chi connectivity index (χ2n) is 5.94. The van der Waals surface area contributed by atoms with Crippen molar-refractivity contribution in [1.82, 2.24) is 0 Å². The summed E-state index contributed by atoms with van der Waals surface area (Å²) in [5.41, 5.74) is 2.81. The zero-order valence-electron chi connectivity index (χ0n) is 15.6. The summed E-state index contributed by atoms with van der Waals surface area (Å²) in [6.07, 6.45) is 1.44. The van der Waals surface area contributed by atoms with Crippen molar-refractivity contribution in [2.45, 2.75) is 26.4 Å². The lowest BCUT2D eigenvalue weighted by Gasteiger charge is -2.12. The third-order valence-electron chi connectivity index (χ3n) is 3.81. The van der Waals surface area contributed by atoms with Gasteiger partial charge < -0.3 is 14.6 Å². The van der Waals surface area contributed by atoms with Crippen molar-refractivity contribution in [2.75, 3.05) is 13.2 Å². The Morgan fingerprint density at radius 2 is 1.85 bits per heavy atom. The van der Waals surface area contributed by atoms with E-state index in [9.17, 15) is 4.79 Å². The largest absolute Gasteiger partial charge is 0.490 e. The molecule has 2 aromatic rings. The Morgan fingerprint density at radius 1 is 1.15 bits per heavy atom. The Morgan fingerprint density at radius 3 is 2.48 bits per heavy atom. The summed E-state index contributed by atoms with van der Waals surface area (Å²) >= 11 is 0. The van der Waals surface area contributed by atoms with Crippen LogP contribution in [0.5, 0.6) is 5.75 Å². The monoisotopic (exact) mass is 364 g/mol. The Balaban J connectivity index is 1.86. The minimum absolute atomic E-state index is 0.331. The number of aliphatic carboxylic acids is 1. The number of rotatable bonds is 8. The van der Waals surface area contributed by atoms with E-state index < -0.39 is 12.1 Å². The highest BCUT2D eigenvalue weighted by atomic mass is 16.5. The zero-order chi connectivity index (χ0) is 19.5. The molecule has 4 nitrogen and oxygen atoms in total. The van der Waals surface area contributed by atoms with Crippen molar-refractivity contribution in [3.05, 3.63) is 77.4 Å². The third kappa shape index (κ3) is 7.39. The van der Waals surface area contributed by atoms with Crippen LogP contribution in [0, 0.1) is 11.8 Å². The van der Waals surface area contributed by atoms with Gasteiger partial charge in [0.1, 0.15) is 12.4 Å². The fraction of sp³-hybridized carbons (Fsp3) is 0.261. The highest BCUT2D eigenvalue weighted by Crippen LogP contribution is 2.15. The van der Waals surface area contributed by atoms with Crippen molar-refractivity contribution in [1.29, 1.82) is 0 Å². The molecule has 1 unspecified atom stereocenters. The quantitative estimate of drug-likeness (QED) is 0.717. The fourth-order valence-corrected chi connectivity index (χ4v) is 2.36. The van der Waals surface area contributed by atoms with Crippen LogP contribution in [0.1, 0.15) is 25.0 Å². The minimum atomic E-state index is -0.950. The molecular formula is C23H24O4. The molecule has 0 saturated heterocycles. The van der Waals surface area contributed by atoms with Gasteiger partial charge in [-0.25, -0.2) is 4.79 Å². The second kappa shape index (κ2) is 10.8. The molecule has 0 aliphatic carbocycles. The number of carboxylic acid groups (broad SMARTS) is 1. The van der Waals surface area contributed by atoms with Gasteiger partial charge in [0.25, 0.3) is 0 Å². The fourth-order valence-electron chi connectivity index (χ4n) is 2.36. The van der Waals surface area contributed by atoms with Crippen LogP contribution in [0.15, 0.2) is 66.2 Å². The normalized spacial score (nSPS) is 12.0. The van der Waals surface area contributed by atoms with Gasteiger partial charge in [0.2, 0.25) is 0 Å². The summed E-state index contributed by atoms with van der Waals surface area (Å²) in [6, 6.07) is 17.2. The van der Waals surface area contributed by atoms with Gasteiger partial charge in [-0.15, -0.1) is 0 Å². The molecule has 27 heavy (non-hydrogen) atoms. The van der Waals surface area contributed by atoms with Gasteiger partial charge >= 0.3 is 5.97 Å². The molecule has 0 amide bonds. The van der Waals surface area contributed by atoms with E-state index in [1.165, 1.54) is 0 Å². The average molecular weight is 364 g/mol. The van der Waals surface area contributed by atoms with Gasteiger partial charge in [0.15, 0.2) is 6.10 Å². The summed E-state index contributed by atoms with van der Waals surface area (Å²) in [4.78, 5) is 11.1. The minimum Gasteiger partial charge on any atom is -0.490 e. The highest BCUT2D eigenvalue weighted by Gasteiger charge is 2.17. The van der Waals surface area contributed by atoms with E-state index in [2.05, 4.69) is 11.8 Å². The first-order chi connectivity index (χ1) is 13.1. The number of allylic oxidation sites excluding steroid dienone is 1. The maximum atomic E-state index is 11.1. The average Bonchev–Trinajstić information content (AvgIpc) is 2.68. The van der Waals surface area contributed by atoms with Crippen LogP contribution in [-0.4, -0.2) is 30.4 Å². The predicted molar refractivity (Wildman–Crippen MR) is 106 cm³/mol. The maximum Gasteiger partial charge on any atom is 0.333 e. The SMILES string of the molecule is CCOC(Cc1ccc(OCC=C(C)C#Cc2ccccc2)cc1)C(=O)O. The molecule has 0 aromatic heterocycles. The van der Waals surface area contributed by atoms with E-state index in [0.717, 1.165) is 22.4 Å². The van der Waals surface area contributed by atoms with Crippen LogP contribution in [0.3, 0.4) is 0 Å². The summed E-state index contributed by atoms with van der Waals surface area (Å²) in [5.74, 6) is 5.98.